The largest absolute Gasteiger partial charge is 0.333 e. The quantitative estimate of drug-likeness (QED) is 0.883. The summed E-state index contributed by atoms with van der Waals surface area (Å²) in [6.07, 6.45) is 4.96. The van der Waals surface area contributed by atoms with Crippen molar-refractivity contribution < 1.29 is 4.79 Å². The third-order valence-corrected chi connectivity index (χ3v) is 4.22. The van der Waals surface area contributed by atoms with Crippen molar-refractivity contribution in [1.82, 2.24) is 25.2 Å². The first-order valence-corrected chi connectivity index (χ1v) is 7.32. The molecular formula is C13H17Cl2N5OS. The molecule has 3 rings (SSSR count). The van der Waals surface area contributed by atoms with Gasteiger partial charge in [-0.05, 0) is 13.0 Å². The average molecular weight is 362 g/mol. The van der Waals surface area contributed by atoms with Gasteiger partial charge < -0.3 is 10.2 Å². The second-order valence-electron chi connectivity index (χ2n) is 4.65. The van der Waals surface area contributed by atoms with E-state index >= 15 is 0 Å². The van der Waals surface area contributed by atoms with Crippen LogP contribution in [0.3, 0.4) is 0 Å². The van der Waals surface area contributed by atoms with Gasteiger partial charge in [-0.2, -0.15) is 0 Å². The first-order valence-electron chi connectivity index (χ1n) is 6.50. The number of hydrogen-bond acceptors (Lipinski definition) is 6. The van der Waals surface area contributed by atoms with E-state index < -0.39 is 0 Å². The lowest BCUT2D eigenvalue weighted by atomic mass is 10.2. The van der Waals surface area contributed by atoms with E-state index in [4.69, 9.17) is 0 Å². The fraction of sp³-hybridized carbons (Fsp3) is 0.385. The molecule has 9 heteroatoms. The minimum Gasteiger partial charge on any atom is -0.333 e. The van der Waals surface area contributed by atoms with Gasteiger partial charge in [0.2, 0.25) is 0 Å². The Labute approximate surface area is 145 Å². The zero-order valence-corrected chi connectivity index (χ0v) is 14.4. The number of halogens is 2. The summed E-state index contributed by atoms with van der Waals surface area (Å²) in [6.45, 7) is 4.45. The van der Waals surface area contributed by atoms with E-state index in [2.05, 4.69) is 20.3 Å². The molecule has 0 unspecified atom stereocenters. The minimum absolute atomic E-state index is 0. The molecule has 1 N–H and O–H groups in total. The second kappa shape index (κ2) is 8.38. The maximum atomic E-state index is 12.5. The van der Waals surface area contributed by atoms with Gasteiger partial charge in [0.25, 0.3) is 5.91 Å². The summed E-state index contributed by atoms with van der Waals surface area (Å²) in [4.78, 5) is 27.6. The highest BCUT2D eigenvalue weighted by atomic mass is 35.5. The zero-order valence-electron chi connectivity index (χ0n) is 11.9. The first-order chi connectivity index (χ1) is 9.75. The second-order valence-corrected chi connectivity index (χ2v) is 5.68. The Kier molecular flexibility index (Phi) is 7.15. The molecular weight excluding hydrogens is 345 g/mol. The summed E-state index contributed by atoms with van der Waals surface area (Å²) >= 11 is 1.34. The summed E-state index contributed by atoms with van der Waals surface area (Å²) in [7, 11) is 0. The molecule has 6 nitrogen and oxygen atoms in total. The van der Waals surface area contributed by atoms with E-state index in [0.29, 0.717) is 15.7 Å². The Hall–Kier alpha value is -1.28. The van der Waals surface area contributed by atoms with Crippen LogP contribution >= 0.6 is 36.2 Å². The van der Waals surface area contributed by atoms with E-state index in [1.54, 1.807) is 24.7 Å². The molecule has 2 aromatic rings. The maximum Gasteiger partial charge on any atom is 0.265 e. The normalized spacial score (nSPS) is 17.3. The van der Waals surface area contributed by atoms with Gasteiger partial charge in [-0.25, -0.2) is 15.0 Å². The van der Waals surface area contributed by atoms with Crippen LogP contribution in [0.1, 0.15) is 16.6 Å². The molecule has 0 bridgehead atoms. The Balaban J connectivity index is 0.00000121. The van der Waals surface area contributed by atoms with Crippen LogP contribution in [0.25, 0.3) is 10.8 Å². The number of carbonyl (C=O) groups is 1. The molecule has 0 saturated carbocycles. The number of thiazole rings is 1. The third-order valence-electron chi connectivity index (χ3n) is 3.24. The Bertz CT molecular complexity index is 609. The van der Waals surface area contributed by atoms with Crippen LogP contribution in [0.15, 0.2) is 24.7 Å². The van der Waals surface area contributed by atoms with Crippen LogP contribution < -0.4 is 5.32 Å². The molecule has 2 aromatic heterocycles. The molecule has 22 heavy (non-hydrogen) atoms. The van der Waals surface area contributed by atoms with Crippen molar-refractivity contribution in [3.8, 4) is 10.8 Å². The molecule has 1 fully saturated rings. The summed E-state index contributed by atoms with van der Waals surface area (Å²) < 4.78 is 0. The van der Waals surface area contributed by atoms with Gasteiger partial charge in [-0.3, -0.25) is 4.79 Å². The maximum absolute atomic E-state index is 12.5. The van der Waals surface area contributed by atoms with E-state index in [0.717, 1.165) is 19.6 Å². The number of carbonyl (C=O) groups excluding carboxylic acids is 1. The summed E-state index contributed by atoms with van der Waals surface area (Å²) in [5.74, 6) is 0.601. The number of rotatable bonds is 2. The molecule has 1 aliphatic heterocycles. The smallest absolute Gasteiger partial charge is 0.265 e. The van der Waals surface area contributed by atoms with Crippen LogP contribution in [0.4, 0.5) is 0 Å². The molecule has 0 aromatic carbocycles. The highest BCUT2D eigenvalue weighted by molar-refractivity contribution is 7.16. The molecule has 3 heterocycles. The highest BCUT2D eigenvalue weighted by Crippen LogP contribution is 2.23. The topological polar surface area (TPSA) is 71.0 Å². The van der Waals surface area contributed by atoms with Crippen molar-refractivity contribution in [2.75, 3.05) is 19.6 Å². The van der Waals surface area contributed by atoms with Gasteiger partial charge in [0.05, 0.1) is 6.20 Å². The molecule has 0 aliphatic carbocycles. The van der Waals surface area contributed by atoms with E-state index in [1.807, 2.05) is 11.8 Å². The minimum atomic E-state index is 0. The van der Waals surface area contributed by atoms with Gasteiger partial charge >= 0.3 is 0 Å². The standard InChI is InChI=1S/C13H15N5OS.2ClH/c1-9-7-14-5-6-18(9)13(19)10-8-17-12(20-10)11-15-3-2-4-16-11;;/h2-4,8-9,14H,5-7H2,1H3;2*1H/t9-;;/m1../s1. The van der Waals surface area contributed by atoms with Crippen molar-refractivity contribution in [2.45, 2.75) is 13.0 Å². The third kappa shape index (κ3) is 3.92. The van der Waals surface area contributed by atoms with Crippen LogP contribution in [0.5, 0.6) is 0 Å². The fourth-order valence-corrected chi connectivity index (χ4v) is 2.99. The lowest BCUT2D eigenvalue weighted by Crippen LogP contribution is -2.52. The van der Waals surface area contributed by atoms with Crippen LogP contribution in [-0.4, -0.2) is 51.4 Å². The Morgan fingerprint density at radius 3 is 2.73 bits per heavy atom. The number of hydrogen-bond donors (Lipinski definition) is 1. The lowest BCUT2D eigenvalue weighted by Gasteiger charge is -2.33. The number of amides is 1. The van der Waals surface area contributed by atoms with Gasteiger partial charge in [0.15, 0.2) is 10.8 Å². The monoisotopic (exact) mass is 361 g/mol. The summed E-state index contributed by atoms with van der Waals surface area (Å²) in [5, 5.41) is 3.95. The number of nitrogens with zero attached hydrogens (tertiary/aromatic N) is 4. The van der Waals surface area contributed by atoms with Crippen LogP contribution in [0, 0.1) is 0 Å². The molecule has 120 valence electrons. The van der Waals surface area contributed by atoms with Crippen molar-refractivity contribution in [1.29, 1.82) is 0 Å². The zero-order chi connectivity index (χ0) is 13.9. The van der Waals surface area contributed by atoms with E-state index in [-0.39, 0.29) is 36.8 Å². The van der Waals surface area contributed by atoms with Crippen LogP contribution in [0.2, 0.25) is 0 Å². The van der Waals surface area contributed by atoms with Gasteiger partial charge in [0, 0.05) is 38.1 Å². The predicted octanol–water partition coefficient (Wildman–Crippen LogP) is 1.88. The average Bonchev–Trinajstić information content (AvgIpc) is 2.98. The van der Waals surface area contributed by atoms with Crippen molar-refractivity contribution in [3.05, 3.63) is 29.5 Å². The number of aromatic nitrogens is 3. The van der Waals surface area contributed by atoms with E-state index in [9.17, 15) is 4.79 Å². The summed E-state index contributed by atoms with van der Waals surface area (Å²) in [6, 6.07) is 1.96. The van der Waals surface area contributed by atoms with Gasteiger partial charge in [-0.1, -0.05) is 0 Å². The molecule has 0 radical (unpaired) electrons. The Morgan fingerprint density at radius 1 is 1.32 bits per heavy atom. The van der Waals surface area contributed by atoms with E-state index in [1.165, 1.54) is 11.3 Å². The van der Waals surface area contributed by atoms with Gasteiger partial charge in [0.1, 0.15) is 4.88 Å². The van der Waals surface area contributed by atoms with Crippen molar-refractivity contribution in [2.24, 2.45) is 0 Å². The highest BCUT2D eigenvalue weighted by Gasteiger charge is 2.25. The van der Waals surface area contributed by atoms with Crippen molar-refractivity contribution >= 4 is 42.1 Å². The SMILES string of the molecule is C[C@@H]1CNCCN1C(=O)c1cnc(-c2ncccn2)s1.Cl.Cl. The molecule has 0 spiro atoms. The number of nitrogens with one attached hydrogen (secondary N) is 1. The molecule has 1 saturated heterocycles. The first kappa shape index (κ1) is 18.8. The molecule has 1 amide bonds. The van der Waals surface area contributed by atoms with Crippen molar-refractivity contribution in [3.63, 3.8) is 0 Å². The van der Waals surface area contributed by atoms with Gasteiger partial charge in [-0.15, -0.1) is 36.2 Å². The van der Waals surface area contributed by atoms with Crippen LogP contribution in [-0.2, 0) is 0 Å². The lowest BCUT2D eigenvalue weighted by molar-refractivity contribution is 0.0660. The Morgan fingerprint density at radius 2 is 2.05 bits per heavy atom. The summed E-state index contributed by atoms with van der Waals surface area (Å²) in [5.41, 5.74) is 0. The predicted molar refractivity (Wildman–Crippen MR) is 91.0 cm³/mol. The molecule has 1 atom stereocenters. The fourth-order valence-electron chi connectivity index (χ4n) is 2.17. The number of piperazine rings is 1. The molecule has 1 aliphatic rings.